The maximum Gasteiger partial charge on any atom is 0.309 e. The van der Waals surface area contributed by atoms with Crippen LogP contribution >= 0.6 is 0 Å². The van der Waals surface area contributed by atoms with Gasteiger partial charge in [0, 0.05) is 19.1 Å². The minimum atomic E-state index is -0.840. The van der Waals surface area contributed by atoms with Gasteiger partial charge >= 0.3 is 5.97 Å². The van der Waals surface area contributed by atoms with E-state index in [4.69, 9.17) is 0 Å². The zero-order chi connectivity index (χ0) is 13.4. The summed E-state index contributed by atoms with van der Waals surface area (Å²) in [4.78, 5) is 27.1. The van der Waals surface area contributed by atoms with Gasteiger partial charge in [0.15, 0.2) is 0 Å². The third-order valence-corrected chi connectivity index (χ3v) is 3.62. The van der Waals surface area contributed by atoms with Gasteiger partial charge in [0.2, 0.25) is 5.91 Å². The quantitative estimate of drug-likeness (QED) is 0.772. The van der Waals surface area contributed by atoms with Crippen LogP contribution in [-0.4, -0.2) is 58.5 Å². The Balaban J connectivity index is 3.08. The first-order valence-corrected chi connectivity index (χ1v) is 5.93. The first-order valence-electron chi connectivity index (χ1n) is 5.93. The maximum absolute atomic E-state index is 12.4. The van der Waals surface area contributed by atoms with E-state index in [2.05, 4.69) is 0 Å². The van der Waals surface area contributed by atoms with Crippen molar-refractivity contribution < 1.29 is 14.7 Å². The molecule has 0 saturated carbocycles. The third kappa shape index (κ3) is 2.60. The van der Waals surface area contributed by atoms with Gasteiger partial charge in [-0.2, -0.15) is 0 Å². The van der Waals surface area contributed by atoms with E-state index in [1.54, 1.807) is 11.9 Å². The Morgan fingerprint density at radius 1 is 1.41 bits per heavy atom. The molecule has 1 rings (SSSR count). The fourth-order valence-electron chi connectivity index (χ4n) is 2.05. The molecule has 5 heteroatoms. The molecular formula is C12H22N2O3. The lowest BCUT2D eigenvalue weighted by atomic mass is 10.0. The lowest BCUT2D eigenvalue weighted by molar-refractivity contribution is -0.143. The smallest absolute Gasteiger partial charge is 0.309 e. The fourth-order valence-corrected chi connectivity index (χ4v) is 2.05. The average molecular weight is 242 g/mol. The first kappa shape index (κ1) is 14.0. The molecule has 0 bridgehead atoms. The highest BCUT2D eigenvalue weighted by molar-refractivity contribution is 5.87. The highest BCUT2D eigenvalue weighted by Crippen LogP contribution is 2.24. The molecule has 17 heavy (non-hydrogen) atoms. The van der Waals surface area contributed by atoms with Crippen molar-refractivity contribution in [1.29, 1.82) is 0 Å². The van der Waals surface area contributed by atoms with Gasteiger partial charge in [0.1, 0.15) is 0 Å². The van der Waals surface area contributed by atoms with Crippen molar-refractivity contribution in [2.24, 2.45) is 5.92 Å². The molecule has 98 valence electrons. The summed E-state index contributed by atoms with van der Waals surface area (Å²) in [7, 11) is 1.80. The van der Waals surface area contributed by atoms with Crippen LogP contribution in [0, 0.1) is 5.92 Å². The molecule has 1 aliphatic heterocycles. The average Bonchev–Trinajstić information content (AvgIpc) is 2.28. The van der Waals surface area contributed by atoms with Crippen LogP contribution < -0.4 is 0 Å². The van der Waals surface area contributed by atoms with E-state index >= 15 is 0 Å². The molecule has 1 N–H and O–H groups in total. The number of nitrogens with zero attached hydrogens (tertiary/aromatic N) is 2. The molecule has 0 aromatic carbocycles. The second kappa shape index (κ2) is 4.64. The lowest BCUT2D eigenvalue weighted by Gasteiger charge is -2.36. The van der Waals surface area contributed by atoms with Gasteiger partial charge in [0.05, 0.1) is 11.5 Å². The van der Waals surface area contributed by atoms with Crippen molar-refractivity contribution >= 4 is 11.9 Å². The highest BCUT2D eigenvalue weighted by atomic mass is 16.4. The van der Waals surface area contributed by atoms with Gasteiger partial charge in [-0.1, -0.05) is 0 Å². The molecule has 1 fully saturated rings. The largest absolute Gasteiger partial charge is 0.481 e. The minimum Gasteiger partial charge on any atom is -0.481 e. The number of hydrogen-bond donors (Lipinski definition) is 1. The second-order valence-electron chi connectivity index (χ2n) is 5.53. The van der Waals surface area contributed by atoms with E-state index in [9.17, 15) is 14.7 Å². The van der Waals surface area contributed by atoms with E-state index in [1.807, 2.05) is 32.6 Å². The predicted octanol–water partition coefficient (Wildman–Crippen LogP) is 0.648. The summed E-state index contributed by atoms with van der Waals surface area (Å²) < 4.78 is 0. The Bertz CT molecular complexity index is 326. The summed E-state index contributed by atoms with van der Waals surface area (Å²) in [5, 5.41) is 9.17. The van der Waals surface area contributed by atoms with Crippen molar-refractivity contribution in [3.05, 3.63) is 0 Å². The Morgan fingerprint density at radius 3 is 2.35 bits per heavy atom. The molecule has 0 spiro atoms. The molecule has 1 saturated heterocycles. The molecule has 5 nitrogen and oxygen atoms in total. The maximum atomic E-state index is 12.4. The normalized spacial score (nSPS) is 26.1. The van der Waals surface area contributed by atoms with E-state index in [1.165, 1.54) is 0 Å². The third-order valence-electron chi connectivity index (χ3n) is 3.62. The van der Waals surface area contributed by atoms with Crippen molar-refractivity contribution in [3.63, 3.8) is 0 Å². The van der Waals surface area contributed by atoms with E-state index in [-0.39, 0.29) is 11.9 Å². The van der Waals surface area contributed by atoms with E-state index in [0.29, 0.717) is 13.1 Å². The Morgan fingerprint density at radius 2 is 1.94 bits per heavy atom. The van der Waals surface area contributed by atoms with Crippen molar-refractivity contribution in [1.82, 2.24) is 9.80 Å². The monoisotopic (exact) mass is 242 g/mol. The van der Waals surface area contributed by atoms with Gasteiger partial charge in [0.25, 0.3) is 0 Å². The number of likely N-dealkylation sites (N-methyl/N-ethyl adjacent to an activating group) is 1. The van der Waals surface area contributed by atoms with Crippen LogP contribution in [0.5, 0.6) is 0 Å². The zero-order valence-corrected chi connectivity index (χ0v) is 11.2. The lowest BCUT2D eigenvalue weighted by Crippen LogP contribution is -2.53. The Kier molecular flexibility index (Phi) is 3.81. The standard InChI is InChI=1S/C12H22N2O3/c1-8(2)14-7-9(10(15)16)6-13(5)12(3,4)11(14)17/h8-9H,6-7H2,1-5H3,(H,15,16). The summed E-state index contributed by atoms with van der Waals surface area (Å²) in [6.45, 7) is 8.21. The number of carboxylic acid groups (broad SMARTS) is 1. The van der Waals surface area contributed by atoms with Gasteiger partial charge in [-0.15, -0.1) is 0 Å². The van der Waals surface area contributed by atoms with E-state index in [0.717, 1.165) is 0 Å². The van der Waals surface area contributed by atoms with Gasteiger partial charge in [-0.05, 0) is 34.7 Å². The molecule has 1 unspecified atom stereocenters. The first-order chi connectivity index (χ1) is 7.67. The summed E-state index contributed by atoms with van der Waals surface area (Å²) in [6, 6.07) is 0.0233. The van der Waals surface area contributed by atoms with Crippen molar-refractivity contribution in [2.45, 2.75) is 39.3 Å². The number of hydrogen-bond acceptors (Lipinski definition) is 3. The molecule has 0 aromatic rings. The highest BCUT2D eigenvalue weighted by Gasteiger charge is 2.42. The second-order valence-corrected chi connectivity index (χ2v) is 5.53. The summed E-state index contributed by atoms with van der Waals surface area (Å²) in [6.07, 6.45) is 0. The van der Waals surface area contributed by atoms with Crippen LogP contribution in [0.3, 0.4) is 0 Å². The van der Waals surface area contributed by atoms with Crippen LogP contribution in [0.1, 0.15) is 27.7 Å². The number of rotatable bonds is 2. The molecule has 1 amide bonds. The molecule has 1 aliphatic rings. The SMILES string of the molecule is CC(C)N1CC(C(=O)O)CN(C)C(C)(C)C1=O. The number of carbonyl (C=O) groups excluding carboxylic acids is 1. The molecular weight excluding hydrogens is 220 g/mol. The van der Waals surface area contributed by atoms with Gasteiger partial charge < -0.3 is 10.0 Å². The number of aliphatic carboxylic acids is 1. The van der Waals surface area contributed by atoms with Gasteiger partial charge in [-0.25, -0.2) is 0 Å². The Hall–Kier alpha value is -1.10. The Labute approximate surface area is 102 Å². The summed E-state index contributed by atoms with van der Waals surface area (Å²) in [5.41, 5.74) is -0.644. The fraction of sp³-hybridized carbons (Fsp3) is 0.833. The summed E-state index contributed by atoms with van der Waals surface area (Å²) >= 11 is 0. The van der Waals surface area contributed by atoms with E-state index < -0.39 is 17.4 Å². The van der Waals surface area contributed by atoms with Crippen LogP contribution in [0.25, 0.3) is 0 Å². The molecule has 0 aromatic heterocycles. The van der Waals surface area contributed by atoms with Crippen molar-refractivity contribution in [2.75, 3.05) is 20.1 Å². The molecule has 0 radical (unpaired) electrons. The van der Waals surface area contributed by atoms with Crippen LogP contribution in [0.15, 0.2) is 0 Å². The topological polar surface area (TPSA) is 60.9 Å². The molecule has 1 atom stereocenters. The van der Waals surface area contributed by atoms with Gasteiger partial charge in [-0.3, -0.25) is 14.5 Å². The van der Waals surface area contributed by atoms with Crippen LogP contribution in [-0.2, 0) is 9.59 Å². The van der Waals surface area contributed by atoms with Crippen LogP contribution in [0.4, 0.5) is 0 Å². The van der Waals surface area contributed by atoms with Crippen molar-refractivity contribution in [3.8, 4) is 0 Å². The molecule has 0 aliphatic carbocycles. The minimum absolute atomic E-state index is 0.00116. The predicted molar refractivity (Wildman–Crippen MR) is 64.7 cm³/mol. The number of carbonyl (C=O) groups is 2. The number of amides is 1. The van der Waals surface area contributed by atoms with Crippen LogP contribution in [0.2, 0.25) is 0 Å². The zero-order valence-electron chi connectivity index (χ0n) is 11.2. The number of carboxylic acids is 1. The molecule has 1 heterocycles. The summed E-state index contributed by atoms with van der Waals surface area (Å²) in [5.74, 6) is -1.36.